The summed E-state index contributed by atoms with van der Waals surface area (Å²) in [6.45, 7) is 9.72. The van der Waals surface area contributed by atoms with Gasteiger partial charge in [0.15, 0.2) is 0 Å². The third-order valence-corrected chi connectivity index (χ3v) is 4.08. The third-order valence-electron chi connectivity index (χ3n) is 4.08. The first-order valence-corrected chi connectivity index (χ1v) is 7.32. The van der Waals surface area contributed by atoms with Crippen LogP contribution in [0, 0.1) is 5.92 Å². The quantitative estimate of drug-likeness (QED) is 0.812. The summed E-state index contributed by atoms with van der Waals surface area (Å²) in [5.74, 6) is 1.81. The SMILES string of the molecule is CCC(C)C1=NN(c2ncc(C(C)CC)cn2)CC1. The van der Waals surface area contributed by atoms with Crippen LogP contribution in [0.2, 0.25) is 0 Å². The molecule has 4 heteroatoms. The summed E-state index contributed by atoms with van der Waals surface area (Å²) in [5.41, 5.74) is 2.48. The lowest BCUT2D eigenvalue weighted by molar-refractivity contribution is 0.721. The van der Waals surface area contributed by atoms with E-state index in [2.05, 4.69) is 42.8 Å². The van der Waals surface area contributed by atoms with Crippen LogP contribution in [0.25, 0.3) is 0 Å². The maximum Gasteiger partial charge on any atom is 0.246 e. The summed E-state index contributed by atoms with van der Waals surface area (Å²) >= 11 is 0. The maximum absolute atomic E-state index is 4.65. The highest BCUT2D eigenvalue weighted by Crippen LogP contribution is 2.21. The van der Waals surface area contributed by atoms with Crippen LogP contribution in [0.15, 0.2) is 17.5 Å². The molecule has 4 nitrogen and oxygen atoms in total. The zero-order valence-electron chi connectivity index (χ0n) is 12.4. The summed E-state index contributed by atoms with van der Waals surface area (Å²) in [7, 11) is 0. The molecular weight excluding hydrogens is 236 g/mol. The Morgan fingerprint density at radius 2 is 1.74 bits per heavy atom. The minimum absolute atomic E-state index is 0.520. The Balaban J connectivity index is 2.09. The van der Waals surface area contributed by atoms with Gasteiger partial charge in [0.1, 0.15) is 0 Å². The van der Waals surface area contributed by atoms with E-state index in [1.54, 1.807) is 0 Å². The van der Waals surface area contributed by atoms with Crippen LogP contribution >= 0.6 is 0 Å². The van der Waals surface area contributed by atoms with Gasteiger partial charge in [-0.2, -0.15) is 5.10 Å². The van der Waals surface area contributed by atoms with Crippen LogP contribution in [-0.2, 0) is 0 Å². The van der Waals surface area contributed by atoms with Gasteiger partial charge in [0.2, 0.25) is 5.95 Å². The minimum Gasteiger partial charge on any atom is -0.231 e. The predicted molar refractivity (Wildman–Crippen MR) is 79.6 cm³/mol. The highest BCUT2D eigenvalue weighted by molar-refractivity contribution is 5.89. The second kappa shape index (κ2) is 6.13. The Labute approximate surface area is 116 Å². The number of rotatable bonds is 5. The maximum atomic E-state index is 4.65. The van der Waals surface area contributed by atoms with Gasteiger partial charge in [-0.25, -0.2) is 15.0 Å². The normalized spacial score (nSPS) is 18.3. The van der Waals surface area contributed by atoms with Crippen molar-refractivity contribution in [1.82, 2.24) is 9.97 Å². The van der Waals surface area contributed by atoms with Crippen molar-refractivity contribution in [2.75, 3.05) is 11.6 Å². The van der Waals surface area contributed by atoms with Crippen LogP contribution in [0.5, 0.6) is 0 Å². The van der Waals surface area contributed by atoms with Crippen molar-refractivity contribution in [2.45, 2.75) is 52.9 Å². The topological polar surface area (TPSA) is 41.4 Å². The fourth-order valence-corrected chi connectivity index (χ4v) is 2.16. The molecule has 1 aromatic heterocycles. The van der Waals surface area contributed by atoms with Crippen LogP contribution in [0.1, 0.15) is 58.4 Å². The van der Waals surface area contributed by atoms with Gasteiger partial charge in [0, 0.05) is 24.5 Å². The Hall–Kier alpha value is -1.45. The van der Waals surface area contributed by atoms with Crippen LogP contribution in [0.4, 0.5) is 5.95 Å². The lowest BCUT2D eigenvalue weighted by Crippen LogP contribution is -2.15. The van der Waals surface area contributed by atoms with Gasteiger partial charge >= 0.3 is 0 Å². The largest absolute Gasteiger partial charge is 0.246 e. The molecule has 1 aromatic rings. The Morgan fingerprint density at radius 1 is 1.11 bits per heavy atom. The van der Waals surface area contributed by atoms with E-state index in [0.29, 0.717) is 11.8 Å². The molecule has 2 heterocycles. The van der Waals surface area contributed by atoms with Gasteiger partial charge in [0.05, 0.1) is 6.54 Å². The van der Waals surface area contributed by atoms with Crippen molar-refractivity contribution in [1.29, 1.82) is 0 Å². The van der Waals surface area contributed by atoms with E-state index in [1.807, 2.05) is 17.4 Å². The number of hydrogen-bond acceptors (Lipinski definition) is 4. The number of anilines is 1. The van der Waals surface area contributed by atoms with Crippen LogP contribution in [0.3, 0.4) is 0 Å². The van der Waals surface area contributed by atoms with Crippen molar-refractivity contribution >= 4 is 11.7 Å². The monoisotopic (exact) mass is 260 g/mol. The zero-order valence-corrected chi connectivity index (χ0v) is 12.4. The highest BCUT2D eigenvalue weighted by atomic mass is 15.5. The second-order valence-electron chi connectivity index (χ2n) is 5.40. The molecule has 1 aliphatic heterocycles. The Morgan fingerprint density at radius 3 is 2.32 bits per heavy atom. The number of hydrazone groups is 1. The standard InChI is InChI=1S/C15H24N4/c1-5-11(3)13-9-16-15(17-10-13)19-8-7-14(18-19)12(4)6-2/h9-12H,5-8H2,1-4H3. The van der Waals surface area contributed by atoms with Gasteiger partial charge in [-0.05, 0) is 30.2 Å². The van der Waals surface area contributed by atoms with E-state index in [0.717, 1.165) is 31.8 Å². The van der Waals surface area contributed by atoms with Gasteiger partial charge in [-0.1, -0.05) is 27.7 Å². The molecule has 104 valence electrons. The van der Waals surface area contributed by atoms with E-state index < -0.39 is 0 Å². The van der Waals surface area contributed by atoms with E-state index in [-0.39, 0.29) is 0 Å². The van der Waals surface area contributed by atoms with Crippen LogP contribution in [-0.4, -0.2) is 22.2 Å². The van der Waals surface area contributed by atoms with Crippen molar-refractivity contribution in [2.24, 2.45) is 11.0 Å². The molecule has 2 atom stereocenters. The first-order chi connectivity index (χ1) is 9.15. The smallest absolute Gasteiger partial charge is 0.231 e. The molecule has 2 rings (SSSR count). The Bertz CT molecular complexity index is 438. The third kappa shape index (κ3) is 3.11. The van der Waals surface area contributed by atoms with Crippen LogP contribution < -0.4 is 5.01 Å². The fraction of sp³-hybridized carbons (Fsp3) is 0.667. The molecule has 0 spiro atoms. The molecule has 0 radical (unpaired) electrons. The molecule has 1 aliphatic rings. The summed E-state index contributed by atoms with van der Waals surface area (Å²) < 4.78 is 0. The average Bonchev–Trinajstić information content (AvgIpc) is 2.95. The minimum atomic E-state index is 0.520. The van der Waals surface area contributed by atoms with E-state index in [4.69, 9.17) is 0 Å². The second-order valence-corrected chi connectivity index (χ2v) is 5.40. The first-order valence-electron chi connectivity index (χ1n) is 7.32. The molecule has 0 aliphatic carbocycles. The summed E-state index contributed by atoms with van der Waals surface area (Å²) in [6.07, 6.45) is 7.16. The predicted octanol–water partition coefficient (Wildman–Crippen LogP) is 3.60. The lowest BCUT2D eigenvalue weighted by atomic mass is 10.0. The first kappa shape index (κ1) is 14.0. The molecule has 2 unspecified atom stereocenters. The van der Waals surface area contributed by atoms with Crippen molar-refractivity contribution < 1.29 is 0 Å². The summed E-state index contributed by atoms with van der Waals surface area (Å²) in [6, 6.07) is 0. The molecule has 0 aromatic carbocycles. The molecule has 0 N–H and O–H groups in total. The van der Waals surface area contributed by atoms with E-state index in [9.17, 15) is 0 Å². The average molecular weight is 260 g/mol. The highest BCUT2D eigenvalue weighted by Gasteiger charge is 2.21. The zero-order chi connectivity index (χ0) is 13.8. The Kier molecular flexibility index (Phi) is 4.51. The molecule has 0 bridgehead atoms. The molecule has 0 saturated carbocycles. The van der Waals surface area contributed by atoms with Gasteiger partial charge in [-0.15, -0.1) is 0 Å². The summed E-state index contributed by atoms with van der Waals surface area (Å²) in [5, 5.41) is 6.58. The summed E-state index contributed by atoms with van der Waals surface area (Å²) in [4.78, 5) is 8.91. The van der Waals surface area contributed by atoms with Gasteiger partial charge < -0.3 is 0 Å². The number of aromatic nitrogens is 2. The molecular formula is C15H24N4. The van der Waals surface area contributed by atoms with Crippen molar-refractivity contribution in [3.63, 3.8) is 0 Å². The fourth-order valence-electron chi connectivity index (χ4n) is 2.16. The van der Waals surface area contributed by atoms with E-state index >= 15 is 0 Å². The number of hydrogen-bond donors (Lipinski definition) is 0. The van der Waals surface area contributed by atoms with Gasteiger partial charge in [0.25, 0.3) is 0 Å². The molecule has 0 amide bonds. The van der Waals surface area contributed by atoms with Crippen molar-refractivity contribution in [3.05, 3.63) is 18.0 Å². The number of nitrogens with zero attached hydrogens (tertiary/aromatic N) is 4. The molecule has 0 saturated heterocycles. The van der Waals surface area contributed by atoms with Crippen molar-refractivity contribution in [3.8, 4) is 0 Å². The lowest BCUT2D eigenvalue weighted by Gasteiger charge is -2.13. The molecule has 0 fully saturated rings. The molecule has 19 heavy (non-hydrogen) atoms. The van der Waals surface area contributed by atoms with Gasteiger partial charge in [-0.3, -0.25) is 0 Å². The van der Waals surface area contributed by atoms with E-state index in [1.165, 1.54) is 11.3 Å².